The fourth-order valence-corrected chi connectivity index (χ4v) is 3.99. The molecule has 3 rings (SSSR count). The number of likely N-dealkylation sites (N-methyl/N-ethyl adjacent to an activating group) is 1. The minimum Gasteiger partial charge on any atom is -0.363 e. The Morgan fingerprint density at radius 2 is 1.68 bits per heavy atom. The largest absolute Gasteiger partial charge is 0.363 e. The van der Waals surface area contributed by atoms with Crippen LogP contribution in [0.2, 0.25) is 0 Å². The minimum atomic E-state index is 0.0223. The Morgan fingerprint density at radius 1 is 1.00 bits per heavy atom. The number of ether oxygens (including phenoxy) is 1. The number of hydrogen-bond acceptors (Lipinski definition) is 1. The standard InChI is InChI=1S/C23H32NO/c1-4-24(3)17-9-8-12-22(24)18-25-23(20-10-6-5-7-11-20)21-15-13-19(2)14-16-21/h5-7,10-11,13-16,22-23H,4,8-9,12,17-18H2,1-3H3/q+1. The van der Waals surface area contributed by atoms with Crippen LogP contribution in [-0.4, -0.2) is 37.3 Å². The van der Waals surface area contributed by atoms with Gasteiger partial charge in [0.15, 0.2) is 0 Å². The summed E-state index contributed by atoms with van der Waals surface area (Å²) in [6.45, 7) is 7.75. The van der Waals surface area contributed by atoms with Gasteiger partial charge in [-0.1, -0.05) is 60.2 Å². The van der Waals surface area contributed by atoms with Gasteiger partial charge in [-0.25, -0.2) is 0 Å². The first-order chi connectivity index (χ1) is 12.1. The molecular formula is C23H32NO+. The Labute approximate surface area is 153 Å². The van der Waals surface area contributed by atoms with Gasteiger partial charge in [0.05, 0.1) is 26.7 Å². The molecule has 25 heavy (non-hydrogen) atoms. The summed E-state index contributed by atoms with van der Waals surface area (Å²) in [6.07, 6.45) is 3.98. The van der Waals surface area contributed by atoms with Gasteiger partial charge in [0.25, 0.3) is 0 Å². The third-order valence-electron chi connectivity index (χ3n) is 6.00. The molecule has 3 unspecified atom stereocenters. The molecule has 1 heterocycles. The molecule has 2 heteroatoms. The number of likely N-dealkylation sites (tertiary alicyclic amines) is 1. The molecule has 2 aromatic rings. The fraction of sp³-hybridized carbons (Fsp3) is 0.478. The van der Waals surface area contributed by atoms with E-state index in [1.165, 1.54) is 49.0 Å². The summed E-state index contributed by atoms with van der Waals surface area (Å²) >= 11 is 0. The average molecular weight is 339 g/mol. The van der Waals surface area contributed by atoms with Crippen molar-refractivity contribution < 1.29 is 9.22 Å². The molecule has 1 aliphatic rings. The van der Waals surface area contributed by atoms with Crippen molar-refractivity contribution >= 4 is 0 Å². The second kappa shape index (κ2) is 8.16. The Hall–Kier alpha value is -1.64. The molecule has 2 nitrogen and oxygen atoms in total. The zero-order chi connectivity index (χ0) is 17.7. The lowest BCUT2D eigenvalue weighted by Gasteiger charge is -2.44. The van der Waals surface area contributed by atoms with Crippen LogP contribution in [-0.2, 0) is 4.74 Å². The maximum atomic E-state index is 6.58. The summed E-state index contributed by atoms with van der Waals surface area (Å²) in [7, 11) is 2.40. The van der Waals surface area contributed by atoms with E-state index in [4.69, 9.17) is 4.74 Å². The van der Waals surface area contributed by atoms with Crippen molar-refractivity contribution in [3.63, 3.8) is 0 Å². The summed E-state index contributed by atoms with van der Waals surface area (Å²) in [6, 6.07) is 20.0. The summed E-state index contributed by atoms with van der Waals surface area (Å²) < 4.78 is 7.72. The molecule has 0 bridgehead atoms. The SMILES string of the molecule is CC[N+]1(C)CCCCC1COC(c1ccccc1)c1ccc(C)cc1. The highest BCUT2D eigenvalue weighted by Gasteiger charge is 2.34. The lowest BCUT2D eigenvalue weighted by Crippen LogP contribution is -2.56. The highest BCUT2D eigenvalue weighted by molar-refractivity contribution is 5.31. The Kier molecular flexibility index (Phi) is 5.93. The molecule has 0 amide bonds. The molecule has 1 fully saturated rings. The number of nitrogens with zero attached hydrogens (tertiary/aromatic N) is 1. The van der Waals surface area contributed by atoms with Crippen LogP contribution in [0.15, 0.2) is 54.6 Å². The minimum absolute atomic E-state index is 0.0223. The van der Waals surface area contributed by atoms with E-state index in [1.807, 2.05) is 0 Å². The van der Waals surface area contributed by atoms with Crippen molar-refractivity contribution in [2.75, 3.05) is 26.7 Å². The predicted octanol–water partition coefficient (Wildman–Crippen LogP) is 5.12. The van der Waals surface area contributed by atoms with Crippen LogP contribution in [0.3, 0.4) is 0 Å². The molecule has 2 aromatic carbocycles. The molecular weight excluding hydrogens is 306 g/mol. The van der Waals surface area contributed by atoms with Gasteiger partial charge in [-0.2, -0.15) is 0 Å². The van der Waals surface area contributed by atoms with E-state index >= 15 is 0 Å². The van der Waals surface area contributed by atoms with Gasteiger partial charge >= 0.3 is 0 Å². The molecule has 0 aromatic heterocycles. The van der Waals surface area contributed by atoms with Gasteiger partial charge in [-0.05, 0) is 37.8 Å². The van der Waals surface area contributed by atoms with Crippen LogP contribution in [0.5, 0.6) is 0 Å². The van der Waals surface area contributed by atoms with Crippen LogP contribution >= 0.6 is 0 Å². The monoisotopic (exact) mass is 338 g/mol. The molecule has 1 aliphatic heterocycles. The smallest absolute Gasteiger partial charge is 0.112 e. The number of benzene rings is 2. The Balaban J connectivity index is 1.79. The number of aryl methyl sites for hydroxylation is 1. The van der Waals surface area contributed by atoms with Crippen LogP contribution in [0.25, 0.3) is 0 Å². The Morgan fingerprint density at radius 3 is 2.36 bits per heavy atom. The maximum absolute atomic E-state index is 6.58. The third kappa shape index (κ3) is 4.31. The molecule has 134 valence electrons. The van der Waals surface area contributed by atoms with E-state index in [0.29, 0.717) is 6.04 Å². The summed E-state index contributed by atoms with van der Waals surface area (Å²) in [5, 5.41) is 0. The topological polar surface area (TPSA) is 9.23 Å². The lowest BCUT2D eigenvalue weighted by molar-refractivity contribution is -0.937. The van der Waals surface area contributed by atoms with Gasteiger partial charge in [0.1, 0.15) is 12.1 Å². The van der Waals surface area contributed by atoms with Crippen molar-refractivity contribution in [1.29, 1.82) is 0 Å². The van der Waals surface area contributed by atoms with E-state index in [0.717, 1.165) is 11.1 Å². The fourth-order valence-electron chi connectivity index (χ4n) is 3.99. The van der Waals surface area contributed by atoms with Crippen molar-refractivity contribution in [2.45, 2.75) is 45.3 Å². The van der Waals surface area contributed by atoms with E-state index in [1.54, 1.807) is 0 Å². The normalized spacial score (nSPS) is 24.8. The van der Waals surface area contributed by atoms with Gasteiger partial charge in [0, 0.05) is 6.42 Å². The molecule has 3 atom stereocenters. The number of piperidine rings is 1. The molecule has 1 saturated heterocycles. The number of hydrogen-bond donors (Lipinski definition) is 0. The first kappa shape index (κ1) is 18.2. The molecule has 0 radical (unpaired) electrons. The first-order valence-corrected chi connectivity index (χ1v) is 9.70. The molecule has 0 spiro atoms. The van der Waals surface area contributed by atoms with Gasteiger partial charge in [-0.3, -0.25) is 0 Å². The average Bonchev–Trinajstić information content (AvgIpc) is 2.65. The quantitative estimate of drug-likeness (QED) is 0.664. The number of rotatable bonds is 6. The van der Waals surface area contributed by atoms with Crippen molar-refractivity contribution in [3.05, 3.63) is 71.3 Å². The summed E-state index contributed by atoms with van der Waals surface area (Å²) in [5.41, 5.74) is 3.78. The zero-order valence-electron chi connectivity index (χ0n) is 15.9. The van der Waals surface area contributed by atoms with Crippen molar-refractivity contribution in [3.8, 4) is 0 Å². The number of quaternary nitrogens is 1. The summed E-state index contributed by atoms with van der Waals surface area (Å²) in [4.78, 5) is 0. The van der Waals surface area contributed by atoms with Gasteiger partial charge in [-0.15, -0.1) is 0 Å². The van der Waals surface area contributed by atoms with Crippen LogP contribution < -0.4 is 0 Å². The second-order valence-corrected chi connectivity index (χ2v) is 7.70. The lowest BCUT2D eigenvalue weighted by atomic mass is 9.98. The highest BCUT2D eigenvalue weighted by atomic mass is 16.5. The van der Waals surface area contributed by atoms with E-state index in [9.17, 15) is 0 Å². The maximum Gasteiger partial charge on any atom is 0.112 e. The van der Waals surface area contributed by atoms with Crippen LogP contribution in [0, 0.1) is 6.92 Å². The van der Waals surface area contributed by atoms with E-state index < -0.39 is 0 Å². The van der Waals surface area contributed by atoms with Gasteiger partial charge < -0.3 is 9.22 Å². The second-order valence-electron chi connectivity index (χ2n) is 7.70. The Bertz CT molecular complexity index is 652. The van der Waals surface area contributed by atoms with Gasteiger partial charge in [0.2, 0.25) is 0 Å². The predicted molar refractivity (Wildman–Crippen MR) is 105 cm³/mol. The van der Waals surface area contributed by atoms with Crippen molar-refractivity contribution in [2.24, 2.45) is 0 Å². The van der Waals surface area contributed by atoms with Crippen LogP contribution in [0.1, 0.15) is 49.0 Å². The molecule has 0 aliphatic carbocycles. The molecule has 0 saturated carbocycles. The first-order valence-electron chi connectivity index (χ1n) is 9.70. The van der Waals surface area contributed by atoms with Crippen LogP contribution in [0.4, 0.5) is 0 Å². The van der Waals surface area contributed by atoms with E-state index in [2.05, 4.69) is 75.5 Å². The highest BCUT2D eigenvalue weighted by Crippen LogP contribution is 2.30. The van der Waals surface area contributed by atoms with E-state index in [-0.39, 0.29) is 6.10 Å². The van der Waals surface area contributed by atoms with Crippen molar-refractivity contribution in [1.82, 2.24) is 0 Å². The summed E-state index contributed by atoms with van der Waals surface area (Å²) in [5.74, 6) is 0. The molecule has 0 N–H and O–H groups in total. The third-order valence-corrected chi connectivity index (χ3v) is 6.00. The zero-order valence-corrected chi connectivity index (χ0v) is 15.9.